The highest BCUT2D eigenvalue weighted by atomic mass is 15.1. The van der Waals surface area contributed by atoms with Gasteiger partial charge in [-0.05, 0) is 142 Å². The van der Waals surface area contributed by atoms with Crippen molar-refractivity contribution in [1.82, 2.24) is 9.55 Å². The van der Waals surface area contributed by atoms with Crippen LogP contribution in [-0.4, -0.2) is 9.55 Å². The quantitative estimate of drug-likeness (QED) is 0.162. The summed E-state index contributed by atoms with van der Waals surface area (Å²) in [5.74, 6) is 1.08. The molecule has 11 aromatic rings. The van der Waals surface area contributed by atoms with Crippen molar-refractivity contribution in [2.24, 2.45) is 0 Å². The fourth-order valence-corrected chi connectivity index (χ4v) is 9.09. The molecule has 56 heavy (non-hydrogen) atoms. The summed E-state index contributed by atoms with van der Waals surface area (Å²) in [6.45, 7) is 4.40. The average Bonchev–Trinajstić information content (AvgIpc) is 3.64. The van der Waals surface area contributed by atoms with Crippen LogP contribution in [0.1, 0.15) is 18.3 Å². The van der Waals surface area contributed by atoms with E-state index in [1.807, 2.05) is 0 Å². The average molecular weight is 715 g/mol. The van der Waals surface area contributed by atoms with E-state index in [2.05, 4.69) is 200 Å². The SMILES string of the molecule is CCc1nc2ccccc2n1-c1ccc(-c2ccc3cc(-c4ccc5c(ccc6cccc(-c7cccc8ccc9cccc(C)c9c78)c65)c4)ccc3c2)cc1. The number of fused-ring (bicyclic) bond motifs is 8. The zero-order valence-electron chi connectivity index (χ0n) is 31.4. The molecule has 0 radical (unpaired) electrons. The molecule has 2 heteroatoms. The molecule has 2 nitrogen and oxygen atoms in total. The molecule has 0 aliphatic heterocycles. The van der Waals surface area contributed by atoms with Crippen molar-refractivity contribution in [2.75, 3.05) is 0 Å². The van der Waals surface area contributed by atoms with Gasteiger partial charge in [-0.2, -0.15) is 0 Å². The molecular weight excluding hydrogens is 677 g/mol. The van der Waals surface area contributed by atoms with E-state index < -0.39 is 0 Å². The Morgan fingerprint density at radius 3 is 1.68 bits per heavy atom. The van der Waals surface area contributed by atoms with Gasteiger partial charge >= 0.3 is 0 Å². The maximum Gasteiger partial charge on any atom is 0.114 e. The summed E-state index contributed by atoms with van der Waals surface area (Å²) in [5, 5.41) is 12.8. The maximum atomic E-state index is 4.88. The summed E-state index contributed by atoms with van der Waals surface area (Å²) in [6, 6.07) is 67.2. The van der Waals surface area contributed by atoms with Crippen LogP contribution in [0.4, 0.5) is 0 Å². The fraction of sp³-hybridized carbons (Fsp3) is 0.0556. The third kappa shape index (κ3) is 5.14. The lowest BCUT2D eigenvalue weighted by Crippen LogP contribution is -1.99. The van der Waals surface area contributed by atoms with Gasteiger partial charge in [-0.1, -0.05) is 146 Å². The Hall–Kier alpha value is -7.03. The predicted octanol–water partition coefficient (Wildman–Crippen LogP) is 14.7. The summed E-state index contributed by atoms with van der Waals surface area (Å²) in [5.41, 5.74) is 12.1. The molecule has 1 heterocycles. The van der Waals surface area contributed by atoms with Crippen LogP contribution in [0.2, 0.25) is 0 Å². The molecule has 10 aromatic carbocycles. The zero-order valence-corrected chi connectivity index (χ0v) is 31.4. The normalized spacial score (nSPS) is 11.8. The Morgan fingerprint density at radius 1 is 0.429 bits per heavy atom. The van der Waals surface area contributed by atoms with Crippen molar-refractivity contribution in [3.05, 3.63) is 193 Å². The van der Waals surface area contributed by atoms with Gasteiger partial charge in [-0.25, -0.2) is 4.98 Å². The number of imidazole rings is 1. The van der Waals surface area contributed by atoms with E-state index in [1.54, 1.807) is 0 Å². The minimum absolute atomic E-state index is 0.879. The standard InChI is InChI=1S/C54H38N2/c1-3-51-55-49-15-4-5-16-50(49)56(51)45-28-25-35(26-29-45)39-20-21-41-32-42(23-22-40(41)31-39)43-27-30-46-44(33-43)24-19-37-11-7-13-47(53(37)46)48-14-8-12-38-18-17-36-10-6-9-34(2)52(36)54(38)48/h4-33H,3H2,1-2H3. The fourth-order valence-electron chi connectivity index (χ4n) is 9.09. The predicted molar refractivity (Wildman–Crippen MR) is 239 cm³/mol. The molecule has 0 saturated carbocycles. The minimum atomic E-state index is 0.879. The number of aromatic nitrogens is 2. The zero-order chi connectivity index (χ0) is 37.3. The minimum Gasteiger partial charge on any atom is -0.296 e. The van der Waals surface area contributed by atoms with Crippen molar-refractivity contribution in [1.29, 1.82) is 0 Å². The number of para-hydroxylation sites is 2. The second-order valence-corrected chi connectivity index (χ2v) is 15.1. The van der Waals surface area contributed by atoms with Crippen LogP contribution in [0.25, 0.3) is 104 Å². The molecule has 0 atom stereocenters. The third-order valence-electron chi connectivity index (χ3n) is 11.8. The number of nitrogens with zero attached hydrogens (tertiary/aromatic N) is 2. The smallest absolute Gasteiger partial charge is 0.114 e. The molecule has 0 aliphatic rings. The van der Waals surface area contributed by atoms with Gasteiger partial charge in [0.2, 0.25) is 0 Å². The van der Waals surface area contributed by atoms with Gasteiger partial charge in [0.05, 0.1) is 11.0 Å². The monoisotopic (exact) mass is 714 g/mol. The molecule has 0 amide bonds. The van der Waals surface area contributed by atoms with Crippen LogP contribution in [0.5, 0.6) is 0 Å². The second-order valence-electron chi connectivity index (χ2n) is 15.1. The first kappa shape index (κ1) is 32.4. The van der Waals surface area contributed by atoms with Crippen molar-refractivity contribution in [3.63, 3.8) is 0 Å². The summed E-state index contributed by atoms with van der Waals surface area (Å²) in [7, 11) is 0. The van der Waals surface area contributed by atoms with Crippen LogP contribution in [0.3, 0.4) is 0 Å². The highest BCUT2D eigenvalue weighted by Gasteiger charge is 2.15. The van der Waals surface area contributed by atoms with Gasteiger partial charge in [0.1, 0.15) is 5.82 Å². The van der Waals surface area contributed by atoms with Crippen molar-refractivity contribution in [3.8, 4) is 39.1 Å². The number of aryl methyl sites for hydroxylation is 2. The molecule has 0 N–H and O–H groups in total. The van der Waals surface area contributed by atoms with E-state index in [0.717, 1.165) is 29.0 Å². The van der Waals surface area contributed by atoms with Crippen LogP contribution in [0, 0.1) is 6.92 Å². The van der Waals surface area contributed by atoms with Crippen molar-refractivity contribution in [2.45, 2.75) is 20.3 Å². The second kappa shape index (κ2) is 12.8. The number of rotatable bonds is 5. The van der Waals surface area contributed by atoms with Crippen LogP contribution in [-0.2, 0) is 6.42 Å². The molecule has 0 saturated heterocycles. The first-order chi connectivity index (χ1) is 27.6. The van der Waals surface area contributed by atoms with E-state index in [9.17, 15) is 0 Å². The van der Waals surface area contributed by atoms with Crippen molar-refractivity contribution < 1.29 is 0 Å². The Balaban J connectivity index is 0.956. The van der Waals surface area contributed by atoms with E-state index in [4.69, 9.17) is 4.98 Å². The first-order valence-electron chi connectivity index (χ1n) is 19.6. The number of hydrogen-bond acceptors (Lipinski definition) is 1. The van der Waals surface area contributed by atoms with Gasteiger partial charge in [0.15, 0.2) is 0 Å². The summed E-state index contributed by atoms with van der Waals surface area (Å²) in [4.78, 5) is 4.88. The Labute approximate surface area is 325 Å². The molecule has 0 aliphatic carbocycles. The summed E-state index contributed by atoms with van der Waals surface area (Å²) >= 11 is 0. The van der Waals surface area contributed by atoms with E-state index >= 15 is 0 Å². The Kier molecular flexibility index (Phi) is 7.40. The van der Waals surface area contributed by atoms with Crippen LogP contribution in [0.15, 0.2) is 182 Å². The van der Waals surface area contributed by atoms with Crippen molar-refractivity contribution >= 4 is 64.9 Å². The lowest BCUT2D eigenvalue weighted by atomic mass is 9.88. The molecule has 0 spiro atoms. The van der Waals surface area contributed by atoms with Crippen LogP contribution < -0.4 is 0 Å². The van der Waals surface area contributed by atoms with Crippen LogP contribution >= 0.6 is 0 Å². The first-order valence-corrected chi connectivity index (χ1v) is 19.6. The molecule has 1 aromatic heterocycles. The van der Waals surface area contributed by atoms with Gasteiger partial charge in [-0.15, -0.1) is 0 Å². The van der Waals surface area contributed by atoms with E-state index in [1.165, 1.54) is 92.8 Å². The molecule has 11 rings (SSSR count). The Bertz CT molecular complexity index is 3350. The molecule has 0 unspecified atom stereocenters. The molecule has 0 fully saturated rings. The highest BCUT2D eigenvalue weighted by Crippen LogP contribution is 2.42. The van der Waals surface area contributed by atoms with Gasteiger partial charge in [-0.3, -0.25) is 4.57 Å². The van der Waals surface area contributed by atoms with E-state index in [-0.39, 0.29) is 0 Å². The number of hydrogen-bond donors (Lipinski definition) is 0. The van der Waals surface area contributed by atoms with Gasteiger partial charge < -0.3 is 0 Å². The summed E-state index contributed by atoms with van der Waals surface area (Å²) in [6.07, 6.45) is 0.879. The highest BCUT2D eigenvalue weighted by molar-refractivity contribution is 6.21. The lowest BCUT2D eigenvalue weighted by molar-refractivity contribution is 0.908. The third-order valence-corrected chi connectivity index (χ3v) is 11.8. The maximum absolute atomic E-state index is 4.88. The number of benzene rings is 10. The van der Waals surface area contributed by atoms with Gasteiger partial charge in [0.25, 0.3) is 0 Å². The molecule has 0 bridgehead atoms. The van der Waals surface area contributed by atoms with E-state index in [0.29, 0.717) is 0 Å². The Morgan fingerprint density at radius 2 is 0.964 bits per heavy atom. The summed E-state index contributed by atoms with van der Waals surface area (Å²) < 4.78 is 2.28. The lowest BCUT2D eigenvalue weighted by Gasteiger charge is -2.16. The molecular formula is C54H38N2. The van der Waals surface area contributed by atoms with Gasteiger partial charge in [0, 0.05) is 12.1 Å². The molecule has 264 valence electrons. The topological polar surface area (TPSA) is 17.8 Å². The largest absolute Gasteiger partial charge is 0.296 e.